The van der Waals surface area contributed by atoms with E-state index in [1.54, 1.807) is 22.7 Å². The van der Waals surface area contributed by atoms with Gasteiger partial charge in [0.25, 0.3) is 0 Å². The zero-order valence-electron chi connectivity index (χ0n) is 14.4. The van der Waals surface area contributed by atoms with Gasteiger partial charge < -0.3 is 9.88 Å². The fourth-order valence-corrected chi connectivity index (χ4v) is 3.57. The Morgan fingerprint density at radius 2 is 1.93 bits per heavy atom. The molecule has 0 fully saturated rings. The molecule has 0 atom stereocenters. The molecule has 1 N–H and O–H groups in total. The van der Waals surface area contributed by atoms with Crippen LogP contribution < -0.4 is 5.32 Å². The summed E-state index contributed by atoms with van der Waals surface area (Å²) in [5, 5.41) is 12.7. The summed E-state index contributed by atoms with van der Waals surface area (Å²) in [6.07, 6.45) is 3.48. The molecule has 1 aromatic carbocycles. The zero-order valence-corrected chi connectivity index (χ0v) is 14.4. The van der Waals surface area contributed by atoms with E-state index in [4.69, 9.17) is 4.98 Å². The largest absolute Gasteiger partial charge is 0.325 e. The summed E-state index contributed by atoms with van der Waals surface area (Å²) < 4.78 is 17.4. The second-order valence-electron chi connectivity index (χ2n) is 6.46. The van der Waals surface area contributed by atoms with Crippen LogP contribution in [-0.4, -0.2) is 25.5 Å². The number of pyridine rings is 1. The van der Waals surface area contributed by atoms with Crippen molar-refractivity contribution in [2.45, 2.75) is 13.1 Å². The van der Waals surface area contributed by atoms with Gasteiger partial charge in [-0.2, -0.15) is 5.26 Å². The Balaban J connectivity index is 1.76. The average Bonchev–Trinajstić information content (AvgIpc) is 3.29. The highest BCUT2D eigenvalue weighted by Gasteiger charge is 2.22. The van der Waals surface area contributed by atoms with Gasteiger partial charge in [0.1, 0.15) is 29.1 Å². The zero-order chi connectivity index (χ0) is 18.4. The van der Waals surface area contributed by atoms with Crippen LogP contribution in [0.3, 0.4) is 0 Å². The minimum atomic E-state index is -0.274. The number of aromatic nitrogens is 4. The van der Waals surface area contributed by atoms with Crippen molar-refractivity contribution in [3.8, 4) is 28.6 Å². The van der Waals surface area contributed by atoms with Crippen LogP contribution in [0.1, 0.15) is 11.5 Å². The summed E-state index contributed by atoms with van der Waals surface area (Å²) in [5.74, 6) is 0.672. The summed E-state index contributed by atoms with van der Waals surface area (Å²) >= 11 is 0. The van der Waals surface area contributed by atoms with Crippen LogP contribution in [0.15, 0.2) is 48.8 Å². The first-order valence-corrected chi connectivity index (χ1v) is 8.68. The lowest BCUT2D eigenvalue weighted by molar-refractivity contribution is 0.508. The molecule has 6 nitrogen and oxygen atoms in total. The molecule has 0 radical (unpaired) electrons. The molecule has 3 aromatic heterocycles. The molecule has 0 amide bonds. The van der Waals surface area contributed by atoms with Crippen molar-refractivity contribution in [3.63, 3.8) is 0 Å². The number of fused-ring (bicyclic) bond motifs is 2. The van der Waals surface area contributed by atoms with Gasteiger partial charge in [-0.3, -0.25) is 4.40 Å². The second kappa shape index (κ2) is 6.04. The molecular weight excluding hydrogens is 343 g/mol. The fraction of sp³-hybridized carbons (Fsp3) is 0.150. The van der Waals surface area contributed by atoms with Gasteiger partial charge in [-0.15, -0.1) is 0 Å². The van der Waals surface area contributed by atoms with Crippen molar-refractivity contribution in [1.82, 2.24) is 24.3 Å². The Morgan fingerprint density at radius 3 is 2.74 bits per heavy atom. The third-order valence-corrected chi connectivity index (χ3v) is 4.85. The summed E-state index contributed by atoms with van der Waals surface area (Å²) in [6.45, 7) is 2.34. The minimum Gasteiger partial charge on any atom is -0.325 e. The number of halogens is 1. The quantitative estimate of drug-likeness (QED) is 0.598. The lowest BCUT2D eigenvalue weighted by atomic mass is 10.1. The predicted octanol–water partition coefficient (Wildman–Crippen LogP) is 2.98. The molecule has 4 heterocycles. The molecule has 27 heavy (non-hydrogen) atoms. The standard InChI is InChI=1S/C20H15FN6/c21-15-4-1-13(2-5-15)19-20(26-8-7-23-11-18(26)25-19)14-3-6-17-24-10-16(9-22)27(17)12-14/h1-6,10,12,23H,7-8,11H2. The number of hydrogen-bond donors (Lipinski definition) is 1. The first kappa shape index (κ1) is 15.7. The third-order valence-electron chi connectivity index (χ3n) is 4.85. The van der Waals surface area contributed by atoms with Crippen molar-refractivity contribution < 1.29 is 4.39 Å². The number of rotatable bonds is 2. The summed E-state index contributed by atoms with van der Waals surface area (Å²) in [5.41, 5.74) is 4.79. The van der Waals surface area contributed by atoms with E-state index in [1.165, 1.54) is 12.1 Å². The molecule has 0 aliphatic carbocycles. The van der Waals surface area contributed by atoms with E-state index in [9.17, 15) is 9.65 Å². The highest BCUT2D eigenvalue weighted by Crippen LogP contribution is 2.34. The second-order valence-corrected chi connectivity index (χ2v) is 6.46. The van der Waals surface area contributed by atoms with E-state index in [2.05, 4.69) is 20.9 Å². The number of hydrogen-bond acceptors (Lipinski definition) is 4. The SMILES string of the molecule is N#Cc1cnc2ccc(-c3c(-c4ccc(F)cc4)nc4n3CCNC4)cn12. The summed E-state index contributed by atoms with van der Waals surface area (Å²) in [4.78, 5) is 9.08. The molecule has 1 aliphatic rings. The van der Waals surface area contributed by atoms with E-state index in [1.807, 2.05) is 18.3 Å². The molecular formula is C20H15FN6. The molecule has 1 aliphatic heterocycles. The Labute approximate surface area is 154 Å². The average molecular weight is 358 g/mol. The smallest absolute Gasteiger partial charge is 0.144 e. The maximum absolute atomic E-state index is 13.4. The van der Waals surface area contributed by atoms with Crippen molar-refractivity contribution in [2.24, 2.45) is 0 Å². The summed E-state index contributed by atoms with van der Waals surface area (Å²) in [6, 6.07) is 12.4. The van der Waals surface area contributed by atoms with Gasteiger partial charge in [-0.05, 0) is 36.4 Å². The van der Waals surface area contributed by atoms with Gasteiger partial charge in [0, 0.05) is 30.4 Å². The summed E-state index contributed by atoms with van der Waals surface area (Å²) in [7, 11) is 0. The number of nitrogens with one attached hydrogen (secondary N) is 1. The van der Waals surface area contributed by atoms with Gasteiger partial charge in [0.2, 0.25) is 0 Å². The molecule has 0 saturated carbocycles. The van der Waals surface area contributed by atoms with Crippen LogP contribution in [0.5, 0.6) is 0 Å². The van der Waals surface area contributed by atoms with Crippen molar-refractivity contribution >= 4 is 5.65 Å². The van der Waals surface area contributed by atoms with E-state index in [0.717, 1.165) is 47.1 Å². The van der Waals surface area contributed by atoms with Crippen LogP contribution >= 0.6 is 0 Å². The Bertz CT molecular complexity index is 1200. The van der Waals surface area contributed by atoms with Gasteiger partial charge in [0.05, 0.1) is 24.1 Å². The van der Waals surface area contributed by atoms with Gasteiger partial charge in [-0.25, -0.2) is 14.4 Å². The topological polar surface area (TPSA) is 70.9 Å². The Morgan fingerprint density at radius 1 is 1.11 bits per heavy atom. The van der Waals surface area contributed by atoms with E-state index >= 15 is 0 Å². The first-order chi connectivity index (χ1) is 13.2. The van der Waals surface area contributed by atoms with E-state index in [0.29, 0.717) is 12.2 Å². The van der Waals surface area contributed by atoms with Crippen LogP contribution in [0.25, 0.3) is 28.2 Å². The van der Waals surface area contributed by atoms with Gasteiger partial charge in [-0.1, -0.05) is 0 Å². The Hall–Kier alpha value is -3.50. The fourth-order valence-electron chi connectivity index (χ4n) is 3.57. The normalized spacial score (nSPS) is 13.5. The van der Waals surface area contributed by atoms with Crippen LogP contribution in [0, 0.1) is 17.1 Å². The minimum absolute atomic E-state index is 0.274. The maximum Gasteiger partial charge on any atom is 0.144 e. The molecule has 0 unspecified atom stereocenters. The van der Waals surface area contributed by atoms with Gasteiger partial charge in [0.15, 0.2) is 0 Å². The molecule has 0 spiro atoms. The van der Waals surface area contributed by atoms with Crippen molar-refractivity contribution in [2.75, 3.05) is 6.54 Å². The van der Waals surface area contributed by atoms with E-state index < -0.39 is 0 Å². The van der Waals surface area contributed by atoms with Crippen molar-refractivity contribution in [1.29, 1.82) is 5.26 Å². The molecule has 0 saturated heterocycles. The molecule has 7 heteroatoms. The Kier molecular flexibility index (Phi) is 3.52. The first-order valence-electron chi connectivity index (χ1n) is 8.68. The maximum atomic E-state index is 13.4. The number of benzene rings is 1. The third kappa shape index (κ3) is 2.50. The van der Waals surface area contributed by atoms with E-state index in [-0.39, 0.29) is 5.82 Å². The molecule has 0 bridgehead atoms. The van der Waals surface area contributed by atoms with Crippen LogP contribution in [-0.2, 0) is 13.1 Å². The molecule has 132 valence electrons. The lowest BCUT2D eigenvalue weighted by Gasteiger charge is -2.18. The predicted molar refractivity (Wildman–Crippen MR) is 98.2 cm³/mol. The molecule has 4 aromatic rings. The lowest BCUT2D eigenvalue weighted by Crippen LogP contribution is -2.28. The number of imidazole rings is 2. The highest BCUT2D eigenvalue weighted by molar-refractivity contribution is 5.79. The van der Waals surface area contributed by atoms with Gasteiger partial charge >= 0.3 is 0 Å². The number of nitriles is 1. The number of nitrogens with zero attached hydrogens (tertiary/aromatic N) is 5. The molecule has 5 rings (SSSR count). The van der Waals surface area contributed by atoms with Crippen LogP contribution in [0.2, 0.25) is 0 Å². The monoisotopic (exact) mass is 358 g/mol. The van der Waals surface area contributed by atoms with Crippen LogP contribution in [0.4, 0.5) is 4.39 Å². The van der Waals surface area contributed by atoms with Crippen molar-refractivity contribution in [3.05, 3.63) is 66.1 Å². The highest BCUT2D eigenvalue weighted by atomic mass is 19.1.